The summed E-state index contributed by atoms with van der Waals surface area (Å²) >= 11 is 3.56. The molecule has 0 atom stereocenters. The predicted molar refractivity (Wildman–Crippen MR) is 83.6 cm³/mol. The zero-order valence-corrected chi connectivity index (χ0v) is 13.0. The minimum atomic E-state index is 0.304. The highest BCUT2D eigenvalue weighted by Crippen LogP contribution is 2.28. The summed E-state index contributed by atoms with van der Waals surface area (Å²) in [6, 6.07) is 8.11. The fraction of sp³-hybridized carbons (Fsp3) is 0.286. The van der Waals surface area contributed by atoms with Crippen molar-refractivity contribution >= 4 is 32.8 Å². The first kappa shape index (κ1) is 13.2. The highest BCUT2D eigenvalue weighted by molar-refractivity contribution is 9.10. The highest BCUT2D eigenvalue weighted by atomic mass is 79.9. The van der Waals surface area contributed by atoms with Gasteiger partial charge in [0.15, 0.2) is 5.65 Å². The van der Waals surface area contributed by atoms with Crippen molar-refractivity contribution < 1.29 is 0 Å². The second-order valence-corrected chi connectivity index (χ2v) is 5.98. The largest absolute Gasteiger partial charge is 0.383 e. The second kappa shape index (κ2) is 4.94. The summed E-state index contributed by atoms with van der Waals surface area (Å²) < 4.78 is 2.97. The molecule has 104 valence electrons. The van der Waals surface area contributed by atoms with Gasteiger partial charge in [0.05, 0.1) is 17.6 Å². The van der Waals surface area contributed by atoms with Gasteiger partial charge in [0.2, 0.25) is 0 Å². The number of nitrogens with two attached hydrogens (primary N) is 1. The summed E-state index contributed by atoms with van der Waals surface area (Å²) in [5.41, 5.74) is 8.92. The van der Waals surface area contributed by atoms with Gasteiger partial charge < -0.3 is 5.73 Å². The maximum absolute atomic E-state index is 5.97. The normalized spacial score (nSPS) is 11.6. The molecule has 0 bridgehead atoms. The van der Waals surface area contributed by atoms with Gasteiger partial charge in [-0.1, -0.05) is 48.0 Å². The van der Waals surface area contributed by atoms with E-state index in [0.717, 1.165) is 26.8 Å². The highest BCUT2D eigenvalue weighted by Gasteiger charge is 2.19. The Kier molecular flexibility index (Phi) is 3.25. The molecule has 1 aromatic carbocycles. The van der Waals surface area contributed by atoms with Gasteiger partial charge in [-0.2, -0.15) is 10.2 Å². The van der Waals surface area contributed by atoms with E-state index in [0.29, 0.717) is 18.3 Å². The number of halogens is 1. The molecule has 3 rings (SSSR count). The van der Waals surface area contributed by atoms with E-state index < -0.39 is 0 Å². The van der Waals surface area contributed by atoms with Crippen LogP contribution >= 0.6 is 15.9 Å². The van der Waals surface area contributed by atoms with Gasteiger partial charge in [0.25, 0.3) is 0 Å². The standard InChI is InChI=1S/C14H16BrN5/c1-8(2)12-11-13(16)17-18-14(11)20(19-12)7-9-5-3-4-6-10(9)15/h3-6,8H,7H2,1-2H3,(H3,16,17,18). The number of rotatable bonds is 3. The summed E-state index contributed by atoms with van der Waals surface area (Å²) in [6.45, 7) is 4.88. The minimum Gasteiger partial charge on any atom is -0.383 e. The lowest BCUT2D eigenvalue weighted by Gasteiger charge is -2.05. The quantitative estimate of drug-likeness (QED) is 0.772. The molecule has 0 aliphatic heterocycles. The van der Waals surface area contributed by atoms with Gasteiger partial charge in [-0.05, 0) is 17.5 Å². The summed E-state index contributed by atoms with van der Waals surface area (Å²) in [5.74, 6) is 0.889. The van der Waals surface area contributed by atoms with Crippen LogP contribution in [-0.4, -0.2) is 20.0 Å². The summed E-state index contributed by atoms with van der Waals surface area (Å²) in [5, 5.41) is 12.7. The van der Waals surface area contributed by atoms with Crippen LogP contribution in [0.2, 0.25) is 0 Å². The Morgan fingerprint density at radius 2 is 2.10 bits per heavy atom. The Morgan fingerprint density at radius 1 is 1.35 bits per heavy atom. The van der Waals surface area contributed by atoms with Gasteiger partial charge in [0, 0.05) is 4.47 Å². The number of hydrogen-bond acceptors (Lipinski definition) is 3. The van der Waals surface area contributed by atoms with E-state index in [1.54, 1.807) is 0 Å². The minimum absolute atomic E-state index is 0.304. The Labute approximate surface area is 125 Å². The van der Waals surface area contributed by atoms with Crippen molar-refractivity contribution in [3.63, 3.8) is 0 Å². The monoisotopic (exact) mass is 333 g/mol. The van der Waals surface area contributed by atoms with Crippen molar-refractivity contribution in [1.82, 2.24) is 20.0 Å². The smallest absolute Gasteiger partial charge is 0.182 e. The van der Waals surface area contributed by atoms with Crippen LogP contribution in [0.5, 0.6) is 0 Å². The van der Waals surface area contributed by atoms with E-state index >= 15 is 0 Å². The van der Waals surface area contributed by atoms with Crippen molar-refractivity contribution in [2.24, 2.45) is 0 Å². The summed E-state index contributed by atoms with van der Waals surface area (Å²) in [6.07, 6.45) is 0. The summed E-state index contributed by atoms with van der Waals surface area (Å²) in [4.78, 5) is 0. The van der Waals surface area contributed by atoms with Crippen LogP contribution < -0.4 is 5.73 Å². The maximum atomic E-state index is 5.97. The SMILES string of the molecule is CC(C)c1nn(Cc2ccccc2Br)c2n[nH]c(N)c12. The molecular formula is C14H16BrN5. The number of nitrogen functional groups attached to an aromatic ring is 1. The lowest BCUT2D eigenvalue weighted by molar-refractivity contribution is 0.665. The molecule has 0 radical (unpaired) electrons. The lowest BCUT2D eigenvalue weighted by atomic mass is 10.1. The molecule has 0 amide bonds. The Morgan fingerprint density at radius 3 is 2.80 bits per heavy atom. The molecule has 0 unspecified atom stereocenters. The van der Waals surface area contributed by atoms with E-state index in [9.17, 15) is 0 Å². The van der Waals surface area contributed by atoms with Gasteiger partial charge in [-0.25, -0.2) is 4.68 Å². The third kappa shape index (κ3) is 2.10. The van der Waals surface area contributed by atoms with Crippen LogP contribution in [0, 0.1) is 0 Å². The number of anilines is 1. The van der Waals surface area contributed by atoms with E-state index in [-0.39, 0.29) is 0 Å². The fourth-order valence-electron chi connectivity index (χ4n) is 2.31. The van der Waals surface area contributed by atoms with Gasteiger partial charge in [-0.3, -0.25) is 5.10 Å². The molecule has 0 aliphatic carbocycles. The molecule has 5 nitrogen and oxygen atoms in total. The average Bonchev–Trinajstić information content (AvgIpc) is 2.95. The Balaban J connectivity index is 2.11. The first-order valence-electron chi connectivity index (χ1n) is 6.51. The molecule has 0 saturated carbocycles. The molecule has 3 aromatic rings. The molecule has 0 fully saturated rings. The molecule has 3 N–H and O–H groups in total. The molecule has 6 heteroatoms. The van der Waals surface area contributed by atoms with Crippen LogP contribution in [0.1, 0.15) is 31.0 Å². The topological polar surface area (TPSA) is 72.5 Å². The van der Waals surface area contributed by atoms with E-state index in [1.807, 2.05) is 22.9 Å². The fourth-order valence-corrected chi connectivity index (χ4v) is 2.72. The van der Waals surface area contributed by atoms with Crippen molar-refractivity contribution in [1.29, 1.82) is 0 Å². The Bertz CT molecular complexity index is 756. The first-order chi connectivity index (χ1) is 9.58. The molecule has 20 heavy (non-hydrogen) atoms. The predicted octanol–water partition coefficient (Wildman–Crippen LogP) is 3.28. The number of nitrogens with zero attached hydrogens (tertiary/aromatic N) is 3. The van der Waals surface area contributed by atoms with E-state index in [1.165, 1.54) is 0 Å². The molecule has 0 spiro atoms. The van der Waals surface area contributed by atoms with Crippen LogP contribution in [0.3, 0.4) is 0 Å². The molecule has 0 saturated heterocycles. The third-order valence-electron chi connectivity index (χ3n) is 3.33. The van der Waals surface area contributed by atoms with E-state index in [4.69, 9.17) is 5.73 Å². The molecule has 2 aromatic heterocycles. The van der Waals surface area contributed by atoms with E-state index in [2.05, 4.69) is 51.1 Å². The zero-order chi connectivity index (χ0) is 14.3. The second-order valence-electron chi connectivity index (χ2n) is 5.12. The van der Waals surface area contributed by atoms with Crippen LogP contribution in [0.15, 0.2) is 28.7 Å². The number of hydrogen-bond donors (Lipinski definition) is 2. The van der Waals surface area contributed by atoms with Crippen molar-refractivity contribution in [3.05, 3.63) is 40.0 Å². The van der Waals surface area contributed by atoms with Gasteiger partial charge in [0.1, 0.15) is 5.82 Å². The van der Waals surface area contributed by atoms with Crippen molar-refractivity contribution in [2.75, 3.05) is 5.73 Å². The number of aromatic amines is 1. The summed E-state index contributed by atoms with van der Waals surface area (Å²) in [7, 11) is 0. The van der Waals surface area contributed by atoms with Crippen LogP contribution in [-0.2, 0) is 6.54 Å². The van der Waals surface area contributed by atoms with Crippen LogP contribution in [0.25, 0.3) is 11.0 Å². The first-order valence-corrected chi connectivity index (χ1v) is 7.31. The van der Waals surface area contributed by atoms with Gasteiger partial charge in [-0.15, -0.1) is 0 Å². The number of fused-ring (bicyclic) bond motifs is 1. The number of nitrogens with one attached hydrogen (secondary N) is 1. The third-order valence-corrected chi connectivity index (χ3v) is 4.10. The maximum Gasteiger partial charge on any atom is 0.182 e. The van der Waals surface area contributed by atoms with Crippen molar-refractivity contribution in [3.8, 4) is 0 Å². The Hall–Kier alpha value is -1.82. The molecule has 2 heterocycles. The number of aromatic nitrogens is 4. The van der Waals surface area contributed by atoms with Gasteiger partial charge >= 0.3 is 0 Å². The number of H-pyrrole nitrogens is 1. The van der Waals surface area contributed by atoms with Crippen LogP contribution in [0.4, 0.5) is 5.82 Å². The number of benzene rings is 1. The van der Waals surface area contributed by atoms with Crippen molar-refractivity contribution in [2.45, 2.75) is 26.3 Å². The average molecular weight is 334 g/mol. The zero-order valence-electron chi connectivity index (χ0n) is 11.4. The lowest BCUT2D eigenvalue weighted by Crippen LogP contribution is -2.04. The molecule has 0 aliphatic rings. The molecular weight excluding hydrogens is 318 g/mol.